The van der Waals surface area contributed by atoms with Crippen LogP contribution in [-0.4, -0.2) is 21.8 Å². The fourth-order valence-electron chi connectivity index (χ4n) is 2.54. The number of aryl methyl sites for hydroxylation is 2. The Morgan fingerprint density at radius 1 is 1.20 bits per heavy atom. The standard InChI is InChI=1S/C19H17ClN2O2S/c1-11-4-3-5-14-12(2)8-18(22-19(11)14)25-10-17(24)21-15-9-13(20)6-7-16(15)23/h3-9,23H,10H2,1-2H3,(H,21,24). The van der Waals surface area contributed by atoms with E-state index in [0.717, 1.165) is 27.1 Å². The van der Waals surface area contributed by atoms with Crippen LogP contribution in [-0.2, 0) is 4.79 Å². The van der Waals surface area contributed by atoms with Gasteiger partial charge >= 0.3 is 0 Å². The molecule has 0 aliphatic heterocycles. The number of thioether (sulfide) groups is 1. The summed E-state index contributed by atoms with van der Waals surface area (Å²) in [6.07, 6.45) is 0. The smallest absolute Gasteiger partial charge is 0.234 e. The Labute approximate surface area is 155 Å². The number of fused-ring (bicyclic) bond motifs is 1. The SMILES string of the molecule is Cc1cc(SCC(=O)Nc2cc(Cl)ccc2O)nc2c(C)cccc12. The first kappa shape index (κ1) is 17.6. The molecule has 1 heterocycles. The summed E-state index contributed by atoms with van der Waals surface area (Å²) in [5.74, 6) is -0.0552. The number of phenols is 1. The lowest BCUT2D eigenvalue weighted by Gasteiger charge is -2.09. The molecule has 4 nitrogen and oxygen atoms in total. The molecular formula is C19H17ClN2O2S. The molecule has 128 valence electrons. The van der Waals surface area contributed by atoms with E-state index in [0.29, 0.717) is 10.7 Å². The largest absolute Gasteiger partial charge is 0.506 e. The monoisotopic (exact) mass is 372 g/mol. The van der Waals surface area contributed by atoms with Gasteiger partial charge in [-0.2, -0.15) is 0 Å². The molecule has 0 bridgehead atoms. The minimum absolute atomic E-state index is 0.0157. The van der Waals surface area contributed by atoms with Gasteiger partial charge in [0.05, 0.1) is 22.0 Å². The molecular weight excluding hydrogens is 356 g/mol. The number of anilines is 1. The van der Waals surface area contributed by atoms with Crippen LogP contribution in [0.15, 0.2) is 47.5 Å². The predicted molar refractivity (Wildman–Crippen MR) is 104 cm³/mol. The van der Waals surface area contributed by atoms with Crippen LogP contribution in [0.3, 0.4) is 0 Å². The molecule has 0 fully saturated rings. The molecule has 25 heavy (non-hydrogen) atoms. The van der Waals surface area contributed by atoms with E-state index < -0.39 is 0 Å². The Morgan fingerprint density at radius 2 is 2.00 bits per heavy atom. The average molecular weight is 373 g/mol. The van der Waals surface area contributed by atoms with Crippen molar-refractivity contribution in [3.8, 4) is 5.75 Å². The van der Waals surface area contributed by atoms with Crippen LogP contribution in [0.5, 0.6) is 5.75 Å². The Morgan fingerprint density at radius 3 is 2.80 bits per heavy atom. The van der Waals surface area contributed by atoms with Crippen molar-refractivity contribution in [2.24, 2.45) is 0 Å². The number of phenolic OH excluding ortho intramolecular Hbond substituents is 1. The predicted octanol–water partition coefficient (Wildman–Crippen LogP) is 4.94. The van der Waals surface area contributed by atoms with Crippen molar-refractivity contribution in [2.75, 3.05) is 11.1 Å². The summed E-state index contributed by atoms with van der Waals surface area (Å²) in [6, 6.07) is 12.6. The van der Waals surface area contributed by atoms with Crippen LogP contribution in [0.2, 0.25) is 5.02 Å². The number of hydrogen-bond acceptors (Lipinski definition) is 4. The van der Waals surface area contributed by atoms with Crippen molar-refractivity contribution in [2.45, 2.75) is 18.9 Å². The third-order valence-electron chi connectivity index (χ3n) is 3.81. The van der Waals surface area contributed by atoms with Gasteiger partial charge in [0.25, 0.3) is 0 Å². The van der Waals surface area contributed by atoms with Gasteiger partial charge in [-0.3, -0.25) is 4.79 Å². The summed E-state index contributed by atoms with van der Waals surface area (Å²) < 4.78 is 0. The zero-order chi connectivity index (χ0) is 18.0. The fourth-order valence-corrected chi connectivity index (χ4v) is 3.48. The van der Waals surface area contributed by atoms with Crippen molar-refractivity contribution in [1.82, 2.24) is 4.98 Å². The Kier molecular flexibility index (Phi) is 5.16. The number of halogens is 1. The number of aromatic nitrogens is 1. The highest BCUT2D eigenvalue weighted by atomic mass is 35.5. The van der Waals surface area contributed by atoms with Gasteiger partial charge in [-0.1, -0.05) is 41.6 Å². The number of carbonyl (C=O) groups excluding carboxylic acids is 1. The average Bonchev–Trinajstić information content (AvgIpc) is 2.57. The molecule has 0 aliphatic carbocycles. The van der Waals surface area contributed by atoms with Gasteiger partial charge in [0, 0.05) is 10.4 Å². The van der Waals surface area contributed by atoms with Crippen molar-refractivity contribution >= 4 is 45.9 Å². The van der Waals surface area contributed by atoms with Crippen LogP contribution in [0.1, 0.15) is 11.1 Å². The lowest BCUT2D eigenvalue weighted by atomic mass is 10.1. The fraction of sp³-hybridized carbons (Fsp3) is 0.158. The molecule has 1 aromatic heterocycles. The van der Waals surface area contributed by atoms with Gasteiger partial charge in [-0.25, -0.2) is 4.98 Å². The number of hydrogen-bond donors (Lipinski definition) is 2. The van der Waals surface area contributed by atoms with Gasteiger partial charge in [-0.15, -0.1) is 0 Å². The van der Waals surface area contributed by atoms with Crippen molar-refractivity contribution in [3.63, 3.8) is 0 Å². The lowest BCUT2D eigenvalue weighted by Crippen LogP contribution is -2.14. The molecule has 2 N–H and O–H groups in total. The number of para-hydroxylation sites is 1. The Bertz CT molecular complexity index is 960. The molecule has 0 saturated carbocycles. The first-order valence-electron chi connectivity index (χ1n) is 7.72. The zero-order valence-corrected chi connectivity index (χ0v) is 15.4. The molecule has 3 rings (SSSR count). The minimum atomic E-state index is -0.230. The number of rotatable bonds is 4. The van der Waals surface area contributed by atoms with Crippen LogP contribution in [0.4, 0.5) is 5.69 Å². The maximum absolute atomic E-state index is 12.2. The zero-order valence-electron chi connectivity index (χ0n) is 13.8. The van der Waals surface area contributed by atoms with Gasteiger partial charge in [0.1, 0.15) is 5.75 Å². The summed E-state index contributed by atoms with van der Waals surface area (Å²) in [5, 5.41) is 14.8. The van der Waals surface area contributed by atoms with Gasteiger partial charge < -0.3 is 10.4 Å². The highest BCUT2D eigenvalue weighted by molar-refractivity contribution is 7.99. The van der Waals surface area contributed by atoms with E-state index >= 15 is 0 Å². The van der Waals surface area contributed by atoms with E-state index in [1.165, 1.54) is 23.9 Å². The van der Waals surface area contributed by atoms with Crippen LogP contribution >= 0.6 is 23.4 Å². The van der Waals surface area contributed by atoms with Crippen LogP contribution in [0.25, 0.3) is 10.9 Å². The summed E-state index contributed by atoms with van der Waals surface area (Å²) in [6.45, 7) is 4.06. The highest BCUT2D eigenvalue weighted by Crippen LogP contribution is 2.28. The number of amides is 1. The van der Waals surface area contributed by atoms with Crippen molar-refractivity contribution < 1.29 is 9.90 Å². The topological polar surface area (TPSA) is 62.2 Å². The van der Waals surface area contributed by atoms with E-state index in [4.69, 9.17) is 11.6 Å². The summed E-state index contributed by atoms with van der Waals surface area (Å²) >= 11 is 7.24. The van der Waals surface area contributed by atoms with Crippen LogP contribution in [0, 0.1) is 13.8 Å². The molecule has 6 heteroatoms. The maximum Gasteiger partial charge on any atom is 0.234 e. The molecule has 3 aromatic rings. The van der Waals surface area contributed by atoms with Gasteiger partial charge in [-0.05, 0) is 49.2 Å². The molecule has 0 atom stereocenters. The number of nitrogens with one attached hydrogen (secondary N) is 1. The van der Waals surface area contributed by atoms with E-state index in [1.807, 2.05) is 38.1 Å². The number of nitrogens with zero attached hydrogens (tertiary/aromatic N) is 1. The molecule has 0 aliphatic rings. The number of aromatic hydroxyl groups is 1. The van der Waals surface area contributed by atoms with Crippen molar-refractivity contribution in [3.05, 3.63) is 58.6 Å². The third kappa shape index (κ3) is 4.06. The second-order valence-corrected chi connectivity index (χ2v) is 7.18. The molecule has 2 aromatic carbocycles. The Balaban J connectivity index is 1.73. The minimum Gasteiger partial charge on any atom is -0.506 e. The van der Waals surface area contributed by atoms with E-state index in [2.05, 4.69) is 10.3 Å². The second-order valence-electron chi connectivity index (χ2n) is 5.75. The highest BCUT2D eigenvalue weighted by Gasteiger charge is 2.10. The van der Waals surface area contributed by atoms with Gasteiger partial charge in [0.15, 0.2) is 0 Å². The molecule has 1 amide bonds. The van der Waals surface area contributed by atoms with Crippen molar-refractivity contribution in [1.29, 1.82) is 0 Å². The van der Waals surface area contributed by atoms with E-state index in [1.54, 1.807) is 6.07 Å². The van der Waals surface area contributed by atoms with Gasteiger partial charge in [0.2, 0.25) is 5.91 Å². The van der Waals surface area contributed by atoms with Crippen LogP contribution < -0.4 is 5.32 Å². The van der Waals surface area contributed by atoms with E-state index in [9.17, 15) is 9.90 Å². The summed E-state index contributed by atoms with van der Waals surface area (Å²) in [5.41, 5.74) is 3.50. The Hall–Kier alpha value is -2.24. The lowest BCUT2D eigenvalue weighted by molar-refractivity contribution is -0.113. The maximum atomic E-state index is 12.2. The third-order valence-corrected chi connectivity index (χ3v) is 4.95. The molecule has 0 saturated heterocycles. The summed E-state index contributed by atoms with van der Waals surface area (Å²) in [4.78, 5) is 16.8. The summed E-state index contributed by atoms with van der Waals surface area (Å²) in [7, 11) is 0. The first-order chi connectivity index (χ1) is 11.9. The second kappa shape index (κ2) is 7.33. The molecule has 0 radical (unpaired) electrons. The molecule has 0 spiro atoms. The number of pyridine rings is 1. The van der Waals surface area contributed by atoms with E-state index in [-0.39, 0.29) is 17.4 Å². The first-order valence-corrected chi connectivity index (χ1v) is 9.08. The normalized spacial score (nSPS) is 10.8. The molecule has 0 unspecified atom stereocenters. The number of carbonyl (C=O) groups is 1. The quantitative estimate of drug-likeness (QED) is 0.503. The number of benzene rings is 2.